The molecule has 1 aromatic carbocycles. The molecule has 140 valence electrons. The van der Waals surface area contributed by atoms with E-state index in [4.69, 9.17) is 16.9 Å². The Labute approximate surface area is 165 Å². The molecular weight excluding hydrogens is 367 g/mol. The number of hydrogen-bond donors (Lipinski definition) is 0. The molecule has 3 rings (SSSR count). The minimum Gasteiger partial charge on any atom is -0.299 e. The Morgan fingerprint density at radius 1 is 1.27 bits per heavy atom. The summed E-state index contributed by atoms with van der Waals surface area (Å²) in [6.45, 7) is 8.86. The molecule has 0 N–H and O–H groups in total. The lowest BCUT2D eigenvalue weighted by molar-refractivity contribution is 0.116. The zero-order chi connectivity index (χ0) is 19.2. The molecule has 2 aromatic rings. The highest BCUT2D eigenvalue weighted by atomic mass is 35.5. The van der Waals surface area contributed by atoms with Crippen LogP contribution < -0.4 is 0 Å². The Balaban J connectivity index is 0.00000117. The zero-order valence-corrected chi connectivity index (χ0v) is 17.3. The molecule has 0 radical (unpaired) electrons. The van der Waals surface area contributed by atoms with Crippen molar-refractivity contribution in [2.75, 3.05) is 13.1 Å². The van der Waals surface area contributed by atoms with Gasteiger partial charge in [0.15, 0.2) is 0 Å². The fourth-order valence-corrected chi connectivity index (χ4v) is 4.10. The molecule has 0 saturated carbocycles. The monoisotopic (exact) mass is 392 g/mol. The van der Waals surface area contributed by atoms with E-state index in [1.165, 1.54) is 11.3 Å². The van der Waals surface area contributed by atoms with Gasteiger partial charge in [0, 0.05) is 23.9 Å². The predicted molar refractivity (Wildman–Crippen MR) is 109 cm³/mol. The summed E-state index contributed by atoms with van der Waals surface area (Å²) in [5.41, 5.74) is 2.56. The number of likely N-dealkylation sites (tertiary alicyclic amines) is 1. The highest BCUT2D eigenvalue weighted by Crippen LogP contribution is 2.35. The maximum atomic E-state index is 14.4. The molecule has 5 heteroatoms. The molecule has 0 bridgehead atoms. The number of thiophene rings is 1. The fourth-order valence-electron chi connectivity index (χ4n) is 3.22. The van der Waals surface area contributed by atoms with Gasteiger partial charge in [-0.05, 0) is 54.6 Å². The minimum absolute atomic E-state index is 0.137. The van der Waals surface area contributed by atoms with Crippen LogP contribution in [-0.4, -0.2) is 18.0 Å². The summed E-state index contributed by atoms with van der Waals surface area (Å²) < 4.78 is 15.1. The third kappa shape index (κ3) is 5.30. The van der Waals surface area contributed by atoms with Gasteiger partial charge < -0.3 is 0 Å². The number of nitriles is 1. The zero-order valence-electron chi connectivity index (χ0n) is 15.7. The SMILES string of the molecule is CC.CC1(CC#N)CCN(Cc2ccc(-c3csc(Cl)c3)c(F)c2)CC1. The molecule has 1 aliphatic rings. The smallest absolute Gasteiger partial charge is 0.131 e. The van der Waals surface area contributed by atoms with E-state index in [0.717, 1.165) is 43.6 Å². The Morgan fingerprint density at radius 3 is 2.50 bits per heavy atom. The van der Waals surface area contributed by atoms with Crippen LogP contribution in [0.3, 0.4) is 0 Å². The van der Waals surface area contributed by atoms with E-state index in [9.17, 15) is 4.39 Å². The Kier molecular flexibility index (Phi) is 7.64. The number of rotatable bonds is 4. The van der Waals surface area contributed by atoms with Crippen LogP contribution in [0.15, 0.2) is 29.6 Å². The van der Waals surface area contributed by atoms with Gasteiger partial charge in [-0.2, -0.15) is 5.26 Å². The summed E-state index contributed by atoms with van der Waals surface area (Å²) in [6, 6.07) is 9.56. The lowest BCUT2D eigenvalue weighted by Gasteiger charge is -2.38. The van der Waals surface area contributed by atoms with E-state index in [0.29, 0.717) is 16.3 Å². The quantitative estimate of drug-likeness (QED) is 0.575. The highest BCUT2D eigenvalue weighted by Gasteiger charge is 2.29. The average Bonchev–Trinajstić information content (AvgIpc) is 3.05. The van der Waals surface area contributed by atoms with Crippen LogP contribution in [0.2, 0.25) is 4.34 Å². The van der Waals surface area contributed by atoms with Gasteiger partial charge in [0.05, 0.1) is 10.4 Å². The van der Waals surface area contributed by atoms with Crippen LogP contribution in [0.4, 0.5) is 4.39 Å². The number of piperidine rings is 1. The second-order valence-electron chi connectivity index (χ2n) is 6.88. The molecule has 0 aliphatic carbocycles. The average molecular weight is 393 g/mol. The summed E-state index contributed by atoms with van der Waals surface area (Å²) in [4.78, 5) is 2.34. The predicted octanol–water partition coefficient (Wildman–Crippen LogP) is 6.75. The first-order valence-corrected chi connectivity index (χ1v) is 10.4. The molecule has 0 unspecified atom stereocenters. The van der Waals surface area contributed by atoms with Crippen molar-refractivity contribution in [1.29, 1.82) is 5.26 Å². The van der Waals surface area contributed by atoms with Gasteiger partial charge in [0.2, 0.25) is 0 Å². The van der Waals surface area contributed by atoms with Crippen molar-refractivity contribution in [3.63, 3.8) is 0 Å². The third-order valence-electron chi connectivity index (χ3n) is 4.89. The van der Waals surface area contributed by atoms with Crippen molar-refractivity contribution in [2.45, 2.75) is 46.6 Å². The molecule has 2 heterocycles. The van der Waals surface area contributed by atoms with E-state index in [-0.39, 0.29) is 11.2 Å². The first-order chi connectivity index (χ1) is 12.5. The molecule has 0 spiro atoms. The summed E-state index contributed by atoms with van der Waals surface area (Å²) in [6.07, 6.45) is 2.66. The van der Waals surface area contributed by atoms with Crippen LogP contribution in [0.1, 0.15) is 45.6 Å². The normalized spacial score (nSPS) is 16.5. The fraction of sp³-hybridized carbons (Fsp3) is 0.476. The van der Waals surface area contributed by atoms with Crippen LogP contribution in [0.5, 0.6) is 0 Å². The number of nitrogens with zero attached hydrogens (tertiary/aromatic N) is 2. The topological polar surface area (TPSA) is 27.0 Å². The van der Waals surface area contributed by atoms with Gasteiger partial charge in [0.25, 0.3) is 0 Å². The van der Waals surface area contributed by atoms with Gasteiger partial charge in [-0.25, -0.2) is 4.39 Å². The summed E-state index contributed by atoms with van der Waals surface area (Å²) in [5.74, 6) is -0.201. The third-order valence-corrected chi connectivity index (χ3v) is 5.98. The van der Waals surface area contributed by atoms with Crippen molar-refractivity contribution < 1.29 is 4.39 Å². The number of halogens is 2. The Morgan fingerprint density at radius 2 is 1.96 bits per heavy atom. The van der Waals surface area contributed by atoms with Crippen molar-refractivity contribution >= 4 is 22.9 Å². The van der Waals surface area contributed by atoms with Gasteiger partial charge >= 0.3 is 0 Å². The van der Waals surface area contributed by atoms with E-state index in [1.54, 1.807) is 12.1 Å². The van der Waals surface area contributed by atoms with Gasteiger partial charge in [0.1, 0.15) is 5.82 Å². The molecular formula is C21H26ClFN2S. The van der Waals surface area contributed by atoms with Crippen molar-refractivity contribution in [3.8, 4) is 17.2 Å². The summed E-state index contributed by atoms with van der Waals surface area (Å²) in [7, 11) is 0. The summed E-state index contributed by atoms with van der Waals surface area (Å²) >= 11 is 7.35. The Bertz CT molecular complexity index is 758. The lowest BCUT2D eigenvalue weighted by atomic mass is 9.78. The molecule has 26 heavy (non-hydrogen) atoms. The van der Waals surface area contributed by atoms with E-state index in [2.05, 4.69) is 17.9 Å². The number of benzene rings is 1. The van der Waals surface area contributed by atoms with E-state index < -0.39 is 0 Å². The molecule has 1 saturated heterocycles. The second-order valence-corrected chi connectivity index (χ2v) is 8.42. The second kappa shape index (κ2) is 9.50. The first kappa shape index (κ1) is 20.9. The van der Waals surface area contributed by atoms with Crippen LogP contribution >= 0.6 is 22.9 Å². The van der Waals surface area contributed by atoms with Gasteiger partial charge in [-0.1, -0.05) is 44.5 Å². The number of hydrogen-bond acceptors (Lipinski definition) is 3. The van der Waals surface area contributed by atoms with E-state index >= 15 is 0 Å². The van der Waals surface area contributed by atoms with Gasteiger partial charge in [-0.3, -0.25) is 4.90 Å². The largest absolute Gasteiger partial charge is 0.299 e. The van der Waals surface area contributed by atoms with Crippen LogP contribution in [0.25, 0.3) is 11.1 Å². The maximum Gasteiger partial charge on any atom is 0.131 e. The molecule has 1 fully saturated rings. The highest BCUT2D eigenvalue weighted by molar-refractivity contribution is 7.14. The standard InChI is InChI=1S/C19H20ClFN2S.C2H6/c1-19(4-7-22)5-8-23(9-6-19)12-14-2-3-16(17(21)10-14)15-11-18(20)24-13-15;1-2/h2-3,10-11,13H,4-6,8-9,12H2,1H3;1-2H3. The lowest BCUT2D eigenvalue weighted by Crippen LogP contribution is -2.38. The first-order valence-electron chi connectivity index (χ1n) is 9.11. The minimum atomic E-state index is -0.201. The van der Waals surface area contributed by atoms with Crippen LogP contribution in [-0.2, 0) is 6.54 Å². The molecule has 2 nitrogen and oxygen atoms in total. The van der Waals surface area contributed by atoms with Gasteiger partial charge in [-0.15, -0.1) is 11.3 Å². The van der Waals surface area contributed by atoms with Crippen LogP contribution in [0, 0.1) is 22.6 Å². The van der Waals surface area contributed by atoms with Crippen molar-refractivity contribution in [1.82, 2.24) is 4.90 Å². The maximum absolute atomic E-state index is 14.4. The molecule has 1 aromatic heterocycles. The Hall–Kier alpha value is -1.41. The van der Waals surface area contributed by atoms with E-state index in [1.807, 2.05) is 31.4 Å². The molecule has 0 atom stereocenters. The molecule has 1 aliphatic heterocycles. The van der Waals surface area contributed by atoms with Crippen molar-refractivity contribution in [2.24, 2.45) is 5.41 Å². The summed E-state index contributed by atoms with van der Waals surface area (Å²) in [5, 5.41) is 10.8. The van der Waals surface area contributed by atoms with Crippen molar-refractivity contribution in [3.05, 3.63) is 45.4 Å². The molecule has 0 amide bonds.